The predicted octanol–water partition coefficient (Wildman–Crippen LogP) is 1.32. The number of pyridine rings is 1. The van der Waals surface area contributed by atoms with Crippen LogP contribution in [0.5, 0.6) is 0 Å². The number of hydrogen-bond acceptors (Lipinski definition) is 4. The van der Waals surface area contributed by atoms with E-state index in [1.54, 1.807) is 24.3 Å². The zero-order valence-corrected chi connectivity index (χ0v) is 14.4. The number of rotatable bonds is 5. The monoisotopic (exact) mass is 363 g/mol. The van der Waals surface area contributed by atoms with Gasteiger partial charge >= 0.3 is 6.03 Å². The zero-order chi connectivity index (χ0) is 18.8. The number of imide groups is 1. The van der Waals surface area contributed by atoms with E-state index in [1.165, 1.54) is 0 Å². The molecule has 8 heteroatoms. The maximum atomic E-state index is 12.6. The molecule has 4 rings (SSSR count). The second kappa shape index (κ2) is 6.91. The van der Waals surface area contributed by atoms with E-state index in [4.69, 9.17) is 0 Å². The standard InChI is InChI=1S/C19H17N5O3/c25-17-10-21-19(27)24(17)11-13-5-1-2-6-15(13)18(26)20-9-14-12-23-8-4-3-7-16(23)22-14/h1-8,12H,9-11H2,(H,20,26)(H,21,27). The molecule has 8 nitrogen and oxygen atoms in total. The minimum atomic E-state index is -0.445. The predicted molar refractivity (Wildman–Crippen MR) is 96.8 cm³/mol. The Bertz CT molecular complexity index is 994. The smallest absolute Gasteiger partial charge is 0.324 e. The van der Waals surface area contributed by atoms with Crippen molar-refractivity contribution in [3.05, 3.63) is 71.7 Å². The summed E-state index contributed by atoms with van der Waals surface area (Å²) in [5, 5.41) is 5.32. The highest BCUT2D eigenvalue weighted by molar-refractivity contribution is 6.02. The first-order valence-electron chi connectivity index (χ1n) is 8.49. The number of carbonyl (C=O) groups excluding carboxylic acids is 3. The molecule has 1 aromatic carbocycles. The highest BCUT2D eigenvalue weighted by Crippen LogP contribution is 2.14. The van der Waals surface area contributed by atoms with E-state index in [-0.39, 0.29) is 31.4 Å². The molecule has 4 amide bonds. The van der Waals surface area contributed by atoms with Crippen molar-refractivity contribution in [3.63, 3.8) is 0 Å². The van der Waals surface area contributed by atoms with Crippen LogP contribution in [0.15, 0.2) is 54.9 Å². The van der Waals surface area contributed by atoms with E-state index in [9.17, 15) is 14.4 Å². The Balaban J connectivity index is 1.48. The van der Waals surface area contributed by atoms with Crippen LogP contribution >= 0.6 is 0 Å². The SMILES string of the molecule is O=C(NCc1cn2ccccc2n1)c1ccccc1CN1C(=O)CNC1=O. The van der Waals surface area contributed by atoms with Gasteiger partial charge < -0.3 is 15.0 Å². The molecule has 1 saturated heterocycles. The number of urea groups is 1. The Labute approximate surface area is 154 Å². The van der Waals surface area contributed by atoms with Gasteiger partial charge in [-0.1, -0.05) is 24.3 Å². The summed E-state index contributed by atoms with van der Waals surface area (Å²) in [6.07, 6.45) is 3.75. The van der Waals surface area contributed by atoms with Crippen molar-refractivity contribution in [2.45, 2.75) is 13.1 Å². The minimum Gasteiger partial charge on any atom is -0.346 e. The van der Waals surface area contributed by atoms with Gasteiger partial charge in [-0.15, -0.1) is 0 Å². The average Bonchev–Trinajstić information content (AvgIpc) is 3.24. The molecule has 0 atom stereocenters. The fourth-order valence-electron chi connectivity index (χ4n) is 3.00. The van der Waals surface area contributed by atoms with Crippen LogP contribution in [0.3, 0.4) is 0 Å². The van der Waals surface area contributed by atoms with E-state index < -0.39 is 6.03 Å². The second-order valence-corrected chi connectivity index (χ2v) is 6.18. The summed E-state index contributed by atoms with van der Waals surface area (Å²) >= 11 is 0. The molecule has 0 saturated carbocycles. The van der Waals surface area contributed by atoms with Gasteiger partial charge in [-0.25, -0.2) is 9.78 Å². The molecule has 1 fully saturated rings. The van der Waals surface area contributed by atoms with Crippen LogP contribution in [0.2, 0.25) is 0 Å². The fraction of sp³-hybridized carbons (Fsp3) is 0.158. The topological polar surface area (TPSA) is 95.8 Å². The van der Waals surface area contributed by atoms with Crippen LogP contribution in [-0.4, -0.2) is 38.7 Å². The third kappa shape index (κ3) is 3.37. The summed E-state index contributed by atoms with van der Waals surface area (Å²) in [5.41, 5.74) is 2.58. The van der Waals surface area contributed by atoms with Crippen LogP contribution in [-0.2, 0) is 17.9 Å². The molecule has 2 N–H and O–H groups in total. The molecule has 0 spiro atoms. The minimum absolute atomic E-state index is 0.0128. The first kappa shape index (κ1) is 16.8. The number of fused-ring (bicyclic) bond motifs is 1. The van der Waals surface area contributed by atoms with E-state index in [0.717, 1.165) is 16.2 Å². The van der Waals surface area contributed by atoms with Crippen LogP contribution < -0.4 is 10.6 Å². The van der Waals surface area contributed by atoms with Crippen LogP contribution in [0.25, 0.3) is 5.65 Å². The Morgan fingerprint density at radius 3 is 2.74 bits per heavy atom. The molecule has 0 bridgehead atoms. The molecule has 0 unspecified atom stereocenters. The number of carbonyl (C=O) groups is 3. The lowest BCUT2D eigenvalue weighted by Gasteiger charge is -2.15. The summed E-state index contributed by atoms with van der Waals surface area (Å²) < 4.78 is 1.88. The summed E-state index contributed by atoms with van der Waals surface area (Å²) in [4.78, 5) is 41.7. The van der Waals surface area contributed by atoms with E-state index in [2.05, 4.69) is 15.6 Å². The van der Waals surface area contributed by atoms with E-state index in [0.29, 0.717) is 11.1 Å². The van der Waals surface area contributed by atoms with Crippen molar-refractivity contribution in [1.29, 1.82) is 0 Å². The Morgan fingerprint density at radius 2 is 1.96 bits per heavy atom. The Kier molecular flexibility index (Phi) is 4.29. The van der Waals surface area contributed by atoms with E-state index >= 15 is 0 Å². The van der Waals surface area contributed by atoms with Gasteiger partial charge in [0.2, 0.25) is 5.91 Å². The Hall–Kier alpha value is -3.68. The maximum absolute atomic E-state index is 12.6. The van der Waals surface area contributed by atoms with E-state index in [1.807, 2.05) is 35.0 Å². The van der Waals surface area contributed by atoms with Crippen molar-refractivity contribution >= 4 is 23.5 Å². The summed E-state index contributed by atoms with van der Waals surface area (Å²) in [5.74, 6) is -0.588. The number of nitrogens with zero attached hydrogens (tertiary/aromatic N) is 3. The van der Waals surface area contributed by atoms with Gasteiger partial charge in [0.05, 0.1) is 25.3 Å². The number of imidazole rings is 1. The van der Waals surface area contributed by atoms with Crippen LogP contribution in [0, 0.1) is 0 Å². The summed E-state index contributed by atoms with van der Waals surface area (Å²) in [6.45, 7) is 0.321. The van der Waals surface area contributed by atoms with Gasteiger partial charge in [0.25, 0.3) is 5.91 Å². The molecule has 27 heavy (non-hydrogen) atoms. The van der Waals surface area contributed by atoms with Crippen molar-refractivity contribution in [3.8, 4) is 0 Å². The van der Waals surface area contributed by atoms with Crippen LogP contribution in [0.4, 0.5) is 4.79 Å². The normalized spacial score (nSPS) is 13.9. The van der Waals surface area contributed by atoms with Gasteiger partial charge in [0, 0.05) is 18.0 Å². The third-order valence-electron chi connectivity index (χ3n) is 4.37. The van der Waals surface area contributed by atoms with Crippen molar-refractivity contribution < 1.29 is 14.4 Å². The highest BCUT2D eigenvalue weighted by Gasteiger charge is 2.29. The number of benzene rings is 1. The van der Waals surface area contributed by atoms with Crippen molar-refractivity contribution in [1.82, 2.24) is 24.9 Å². The molecule has 0 aliphatic carbocycles. The largest absolute Gasteiger partial charge is 0.346 e. The molecule has 2 aromatic heterocycles. The van der Waals surface area contributed by atoms with Crippen LogP contribution in [0.1, 0.15) is 21.6 Å². The molecule has 136 valence electrons. The third-order valence-corrected chi connectivity index (χ3v) is 4.37. The summed E-state index contributed by atoms with van der Waals surface area (Å²) in [6, 6.07) is 12.2. The second-order valence-electron chi connectivity index (χ2n) is 6.18. The molecule has 1 aliphatic heterocycles. The highest BCUT2D eigenvalue weighted by atomic mass is 16.2. The van der Waals surface area contributed by atoms with Gasteiger partial charge in [0.1, 0.15) is 5.65 Å². The lowest BCUT2D eigenvalue weighted by atomic mass is 10.1. The summed E-state index contributed by atoms with van der Waals surface area (Å²) in [7, 11) is 0. The van der Waals surface area contributed by atoms with Gasteiger partial charge in [-0.3, -0.25) is 14.5 Å². The number of aromatic nitrogens is 2. The number of amides is 4. The molecule has 3 heterocycles. The first-order valence-corrected chi connectivity index (χ1v) is 8.49. The van der Waals surface area contributed by atoms with Gasteiger partial charge in [0.15, 0.2) is 0 Å². The lowest BCUT2D eigenvalue weighted by Crippen LogP contribution is -2.32. The first-order chi connectivity index (χ1) is 13.1. The average molecular weight is 363 g/mol. The molecule has 1 aliphatic rings. The maximum Gasteiger partial charge on any atom is 0.324 e. The molecular formula is C19H17N5O3. The molecule has 3 aromatic rings. The number of nitrogens with one attached hydrogen (secondary N) is 2. The lowest BCUT2D eigenvalue weighted by molar-refractivity contribution is -0.125. The fourth-order valence-corrected chi connectivity index (χ4v) is 3.00. The molecular weight excluding hydrogens is 346 g/mol. The van der Waals surface area contributed by atoms with Crippen molar-refractivity contribution in [2.24, 2.45) is 0 Å². The molecule has 0 radical (unpaired) electrons. The van der Waals surface area contributed by atoms with Gasteiger partial charge in [-0.05, 0) is 23.8 Å². The number of hydrogen-bond donors (Lipinski definition) is 2. The zero-order valence-electron chi connectivity index (χ0n) is 14.4. The quantitative estimate of drug-likeness (QED) is 0.668. The van der Waals surface area contributed by atoms with Crippen molar-refractivity contribution in [2.75, 3.05) is 6.54 Å². The Morgan fingerprint density at radius 1 is 1.15 bits per heavy atom. The van der Waals surface area contributed by atoms with Gasteiger partial charge in [-0.2, -0.15) is 0 Å².